The Hall–Kier alpha value is -0.430. The number of hydrogen-bond acceptors (Lipinski definition) is 4. The first-order chi connectivity index (χ1) is 9.32. The lowest BCUT2D eigenvalue weighted by molar-refractivity contribution is 0.372. The minimum absolute atomic E-state index is 0.0814. The maximum Gasteiger partial charge on any atom is 0.250 e. The van der Waals surface area contributed by atoms with E-state index < -0.39 is 10.0 Å². The third-order valence-corrected chi connectivity index (χ3v) is 6.97. The molecule has 0 saturated heterocycles. The van der Waals surface area contributed by atoms with Gasteiger partial charge in [0.05, 0.1) is 0 Å². The molecule has 2 rings (SSSR count). The van der Waals surface area contributed by atoms with Crippen molar-refractivity contribution in [2.75, 3.05) is 13.6 Å². The topological polar surface area (TPSA) is 58.2 Å². The van der Waals surface area contributed by atoms with Gasteiger partial charge in [0, 0.05) is 10.9 Å². The van der Waals surface area contributed by atoms with E-state index >= 15 is 0 Å². The first-order valence-corrected chi connectivity index (χ1v) is 9.38. The lowest BCUT2D eigenvalue weighted by atomic mass is 9.92. The first kappa shape index (κ1) is 15.9. The minimum atomic E-state index is -3.35. The Labute approximate surface area is 126 Å². The molecule has 1 aliphatic carbocycles. The van der Waals surface area contributed by atoms with E-state index in [1.165, 1.54) is 11.3 Å². The zero-order valence-corrected chi connectivity index (χ0v) is 14.0. The Bertz CT molecular complexity index is 549. The van der Waals surface area contributed by atoms with Crippen LogP contribution in [0.2, 0.25) is 0 Å². The Morgan fingerprint density at radius 2 is 2.15 bits per heavy atom. The summed E-state index contributed by atoms with van der Waals surface area (Å²) in [5, 5.41) is 3.07. The lowest BCUT2D eigenvalue weighted by Crippen LogP contribution is -2.33. The molecule has 1 fully saturated rings. The molecule has 0 aromatic carbocycles. The molecule has 1 saturated carbocycles. The van der Waals surface area contributed by atoms with Crippen LogP contribution < -0.4 is 10.0 Å². The maximum absolute atomic E-state index is 12.4. The average Bonchev–Trinajstić information content (AvgIpc) is 2.93. The van der Waals surface area contributed by atoms with Gasteiger partial charge in [-0.2, -0.15) is 0 Å². The summed E-state index contributed by atoms with van der Waals surface area (Å²) in [5.74, 6) is 0. The van der Waals surface area contributed by atoms with Gasteiger partial charge < -0.3 is 5.32 Å². The van der Waals surface area contributed by atoms with Gasteiger partial charge in [0.1, 0.15) is 4.21 Å². The highest BCUT2D eigenvalue weighted by molar-refractivity contribution is 7.91. The first-order valence-electron chi connectivity index (χ1n) is 7.08. The summed E-state index contributed by atoms with van der Waals surface area (Å²) in [6, 6.07) is 3.71. The monoisotopic (exact) mass is 316 g/mol. The molecule has 20 heavy (non-hydrogen) atoms. The Morgan fingerprint density at radius 1 is 1.40 bits per heavy atom. The second kappa shape index (κ2) is 6.13. The van der Waals surface area contributed by atoms with E-state index in [1.807, 2.05) is 13.1 Å². The van der Waals surface area contributed by atoms with E-state index in [4.69, 9.17) is 0 Å². The maximum atomic E-state index is 12.4. The van der Waals surface area contributed by atoms with Gasteiger partial charge >= 0.3 is 0 Å². The van der Waals surface area contributed by atoms with Crippen LogP contribution in [0.5, 0.6) is 0 Å². The highest BCUT2D eigenvalue weighted by atomic mass is 32.2. The summed E-state index contributed by atoms with van der Waals surface area (Å²) >= 11 is 1.37. The molecule has 2 N–H and O–H groups in total. The molecule has 1 aliphatic rings. The van der Waals surface area contributed by atoms with Crippen LogP contribution >= 0.6 is 11.3 Å². The number of rotatable bonds is 6. The van der Waals surface area contributed by atoms with Crippen LogP contribution in [0, 0.1) is 5.41 Å². The third-order valence-electron chi connectivity index (χ3n) is 3.81. The molecule has 0 spiro atoms. The lowest BCUT2D eigenvalue weighted by Gasteiger charge is -2.17. The summed E-state index contributed by atoms with van der Waals surface area (Å²) in [6.45, 7) is 5.26. The molecular weight excluding hydrogens is 292 g/mol. The number of sulfonamides is 1. The van der Waals surface area contributed by atoms with Crippen LogP contribution in [0.25, 0.3) is 0 Å². The van der Waals surface area contributed by atoms with Crippen molar-refractivity contribution < 1.29 is 8.42 Å². The summed E-state index contributed by atoms with van der Waals surface area (Å²) in [6.07, 6.45) is 3.81. The molecule has 1 atom stereocenters. The standard InChI is InChI=1S/C14H24N2O2S2/c1-14(2)8-6-11(10-14)16-20(17,18)13-5-4-12(19-13)7-9-15-3/h4-5,11,15-16H,6-10H2,1-3H3. The van der Waals surface area contributed by atoms with Crippen molar-refractivity contribution in [3.63, 3.8) is 0 Å². The van der Waals surface area contributed by atoms with Crippen molar-refractivity contribution in [3.05, 3.63) is 17.0 Å². The third kappa shape index (κ3) is 4.04. The molecule has 0 amide bonds. The van der Waals surface area contributed by atoms with Gasteiger partial charge in [-0.25, -0.2) is 13.1 Å². The predicted octanol–water partition coefficient (Wildman–Crippen LogP) is 2.37. The van der Waals surface area contributed by atoms with E-state index in [1.54, 1.807) is 6.07 Å². The fourth-order valence-electron chi connectivity index (χ4n) is 2.70. The molecule has 1 heterocycles. The van der Waals surface area contributed by atoms with Crippen molar-refractivity contribution in [3.8, 4) is 0 Å². The van der Waals surface area contributed by atoms with Crippen LogP contribution in [-0.2, 0) is 16.4 Å². The second-order valence-corrected chi connectivity index (χ2v) is 9.41. The van der Waals surface area contributed by atoms with Crippen molar-refractivity contribution >= 4 is 21.4 Å². The zero-order valence-electron chi connectivity index (χ0n) is 12.4. The highest BCUT2D eigenvalue weighted by Crippen LogP contribution is 2.37. The predicted molar refractivity (Wildman–Crippen MR) is 83.7 cm³/mol. The zero-order chi connectivity index (χ0) is 14.8. The van der Waals surface area contributed by atoms with E-state index in [0.717, 1.165) is 37.1 Å². The van der Waals surface area contributed by atoms with Gasteiger partial charge in [-0.05, 0) is 56.8 Å². The van der Waals surface area contributed by atoms with Crippen molar-refractivity contribution in [1.82, 2.24) is 10.0 Å². The molecular formula is C14H24N2O2S2. The van der Waals surface area contributed by atoms with Crippen LogP contribution in [0.15, 0.2) is 16.3 Å². The summed E-state index contributed by atoms with van der Waals surface area (Å²) < 4.78 is 28.0. The van der Waals surface area contributed by atoms with Gasteiger partial charge in [-0.15, -0.1) is 11.3 Å². The number of hydrogen-bond donors (Lipinski definition) is 2. The molecule has 1 aromatic heterocycles. The Kier molecular flexibility index (Phi) is 4.89. The van der Waals surface area contributed by atoms with Crippen LogP contribution in [0.1, 0.15) is 38.0 Å². The average molecular weight is 316 g/mol. The van der Waals surface area contributed by atoms with Gasteiger partial charge in [0.2, 0.25) is 10.0 Å². The summed E-state index contributed by atoms with van der Waals surface area (Å²) in [7, 11) is -1.45. The van der Waals surface area contributed by atoms with Crippen molar-refractivity contribution in [1.29, 1.82) is 0 Å². The van der Waals surface area contributed by atoms with Gasteiger partial charge in [0.15, 0.2) is 0 Å². The highest BCUT2D eigenvalue weighted by Gasteiger charge is 2.33. The molecule has 0 bridgehead atoms. The fourth-order valence-corrected chi connectivity index (χ4v) is 5.34. The quantitative estimate of drug-likeness (QED) is 0.847. The smallest absolute Gasteiger partial charge is 0.250 e. The van der Waals surface area contributed by atoms with E-state index in [0.29, 0.717) is 4.21 Å². The van der Waals surface area contributed by atoms with E-state index in [9.17, 15) is 8.42 Å². The molecule has 0 radical (unpaired) electrons. The van der Waals surface area contributed by atoms with E-state index in [2.05, 4.69) is 23.9 Å². The second-order valence-electron chi connectivity index (χ2n) is 6.30. The van der Waals surface area contributed by atoms with Gasteiger partial charge in [-0.3, -0.25) is 0 Å². The van der Waals surface area contributed by atoms with Crippen molar-refractivity contribution in [2.24, 2.45) is 5.41 Å². The van der Waals surface area contributed by atoms with Crippen LogP contribution in [-0.4, -0.2) is 28.1 Å². The summed E-state index contributed by atoms with van der Waals surface area (Å²) in [5.41, 5.74) is 0.251. The molecule has 1 unspecified atom stereocenters. The SMILES string of the molecule is CNCCc1ccc(S(=O)(=O)NC2CCC(C)(C)C2)s1. The Balaban J connectivity index is 2.01. The van der Waals surface area contributed by atoms with Gasteiger partial charge in [-0.1, -0.05) is 13.8 Å². The number of thiophene rings is 1. The molecule has 6 heteroatoms. The van der Waals surface area contributed by atoms with Crippen LogP contribution in [0.3, 0.4) is 0 Å². The summed E-state index contributed by atoms with van der Waals surface area (Å²) in [4.78, 5) is 1.10. The molecule has 0 aliphatic heterocycles. The fraction of sp³-hybridized carbons (Fsp3) is 0.714. The van der Waals surface area contributed by atoms with Crippen LogP contribution in [0.4, 0.5) is 0 Å². The number of likely N-dealkylation sites (N-methyl/N-ethyl adjacent to an activating group) is 1. The normalized spacial score (nSPS) is 22.2. The van der Waals surface area contributed by atoms with Crippen molar-refractivity contribution in [2.45, 2.75) is 49.8 Å². The Morgan fingerprint density at radius 3 is 2.75 bits per heavy atom. The van der Waals surface area contributed by atoms with Gasteiger partial charge in [0.25, 0.3) is 0 Å². The molecule has 114 valence electrons. The largest absolute Gasteiger partial charge is 0.319 e. The molecule has 1 aromatic rings. The van der Waals surface area contributed by atoms with E-state index in [-0.39, 0.29) is 11.5 Å². The minimum Gasteiger partial charge on any atom is -0.319 e. The number of nitrogens with one attached hydrogen (secondary N) is 2. The molecule has 4 nitrogen and oxygen atoms in total.